The molecule has 1 amide bonds. The number of rotatable bonds is 6. The van der Waals surface area contributed by atoms with Crippen molar-refractivity contribution >= 4 is 22.6 Å². The standard InChI is InChI=1S/C20H24N4O3/c1-11(2)18(14-8-6-5-7-9-14)21-10-15(25)22-20-17-16(13(4)27-20)12(3)23-24-19(17)26/h5-9,11,18,21H,10H2,1-4H3,(H,22,25)(H,24,26)/t18-/m1/s1. The first-order chi connectivity index (χ1) is 12.9. The van der Waals surface area contributed by atoms with Gasteiger partial charge in [-0.1, -0.05) is 44.2 Å². The summed E-state index contributed by atoms with van der Waals surface area (Å²) in [5.41, 5.74) is 1.38. The molecule has 142 valence electrons. The summed E-state index contributed by atoms with van der Waals surface area (Å²) < 4.78 is 5.62. The summed E-state index contributed by atoms with van der Waals surface area (Å²) in [5, 5.41) is 13.3. The van der Waals surface area contributed by atoms with Gasteiger partial charge in [0.1, 0.15) is 11.1 Å². The number of aromatic nitrogens is 2. The summed E-state index contributed by atoms with van der Waals surface area (Å²) in [6.07, 6.45) is 0. The highest BCUT2D eigenvalue weighted by atomic mass is 16.4. The molecule has 0 saturated heterocycles. The van der Waals surface area contributed by atoms with Gasteiger partial charge in [-0.2, -0.15) is 5.10 Å². The van der Waals surface area contributed by atoms with Crippen molar-refractivity contribution in [1.29, 1.82) is 0 Å². The number of nitrogens with zero attached hydrogens (tertiary/aromatic N) is 1. The molecule has 7 heteroatoms. The molecule has 0 saturated carbocycles. The van der Waals surface area contributed by atoms with Crippen LogP contribution in [0.4, 0.5) is 5.88 Å². The van der Waals surface area contributed by atoms with Crippen LogP contribution in [0.2, 0.25) is 0 Å². The second-order valence-corrected chi connectivity index (χ2v) is 6.94. The summed E-state index contributed by atoms with van der Waals surface area (Å²) in [6, 6.07) is 10.0. The summed E-state index contributed by atoms with van der Waals surface area (Å²) >= 11 is 0. The predicted octanol–water partition coefficient (Wildman–Crippen LogP) is 3.06. The molecule has 0 aliphatic rings. The van der Waals surface area contributed by atoms with E-state index in [0.717, 1.165) is 5.56 Å². The number of aryl methyl sites for hydroxylation is 2. The molecule has 0 spiro atoms. The number of H-pyrrole nitrogens is 1. The van der Waals surface area contributed by atoms with Gasteiger partial charge in [-0.05, 0) is 25.3 Å². The fourth-order valence-electron chi connectivity index (χ4n) is 3.30. The lowest BCUT2D eigenvalue weighted by Crippen LogP contribution is -2.33. The van der Waals surface area contributed by atoms with Gasteiger partial charge in [0, 0.05) is 6.04 Å². The number of carbonyl (C=O) groups excluding carboxylic acids is 1. The molecule has 0 radical (unpaired) electrons. The number of hydrogen-bond acceptors (Lipinski definition) is 5. The highest BCUT2D eigenvalue weighted by Gasteiger charge is 2.20. The van der Waals surface area contributed by atoms with Crippen LogP contribution in [-0.2, 0) is 4.79 Å². The van der Waals surface area contributed by atoms with Crippen LogP contribution < -0.4 is 16.2 Å². The molecule has 0 unspecified atom stereocenters. The number of carbonyl (C=O) groups is 1. The highest BCUT2D eigenvalue weighted by molar-refractivity contribution is 6.01. The van der Waals surface area contributed by atoms with Crippen molar-refractivity contribution in [3.63, 3.8) is 0 Å². The molecule has 2 heterocycles. The lowest BCUT2D eigenvalue weighted by molar-refractivity contribution is -0.115. The van der Waals surface area contributed by atoms with E-state index in [2.05, 4.69) is 34.7 Å². The maximum atomic E-state index is 12.5. The molecule has 0 aliphatic carbocycles. The van der Waals surface area contributed by atoms with Crippen LogP contribution in [0.25, 0.3) is 10.8 Å². The number of furan rings is 1. The van der Waals surface area contributed by atoms with E-state index in [1.54, 1.807) is 13.8 Å². The van der Waals surface area contributed by atoms with Crippen molar-refractivity contribution in [2.75, 3.05) is 11.9 Å². The largest absolute Gasteiger partial charge is 0.444 e. The lowest BCUT2D eigenvalue weighted by Gasteiger charge is -2.22. The number of anilines is 1. The second kappa shape index (κ2) is 7.75. The third-order valence-electron chi connectivity index (χ3n) is 4.56. The topological polar surface area (TPSA) is 100 Å². The Balaban J connectivity index is 1.76. The van der Waals surface area contributed by atoms with Gasteiger partial charge in [-0.25, -0.2) is 5.10 Å². The highest BCUT2D eigenvalue weighted by Crippen LogP contribution is 2.28. The summed E-state index contributed by atoms with van der Waals surface area (Å²) in [5.74, 6) is 0.736. The van der Waals surface area contributed by atoms with Gasteiger partial charge in [0.05, 0.1) is 17.6 Å². The molecule has 3 rings (SSSR count). The minimum absolute atomic E-state index is 0.0434. The first kappa shape index (κ1) is 18.8. The van der Waals surface area contributed by atoms with Gasteiger partial charge in [0.25, 0.3) is 5.56 Å². The van der Waals surface area contributed by atoms with Crippen LogP contribution in [0, 0.1) is 19.8 Å². The number of hydrogen-bond donors (Lipinski definition) is 3. The van der Waals surface area contributed by atoms with Gasteiger partial charge < -0.3 is 9.73 Å². The van der Waals surface area contributed by atoms with Gasteiger partial charge in [-0.3, -0.25) is 14.9 Å². The van der Waals surface area contributed by atoms with Gasteiger partial charge in [-0.15, -0.1) is 0 Å². The van der Waals surface area contributed by atoms with Gasteiger partial charge >= 0.3 is 0 Å². The number of aromatic amines is 1. The van der Waals surface area contributed by atoms with Crippen molar-refractivity contribution in [2.24, 2.45) is 5.92 Å². The van der Waals surface area contributed by atoms with E-state index < -0.39 is 0 Å². The van der Waals surface area contributed by atoms with Crippen LogP contribution in [0.15, 0.2) is 39.5 Å². The molecule has 0 bridgehead atoms. The van der Waals surface area contributed by atoms with E-state index >= 15 is 0 Å². The van der Waals surface area contributed by atoms with Gasteiger partial charge in [0.2, 0.25) is 11.8 Å². The monoisotopic (exact) mass is 368 g/mol. The molecule has 0 aliphatic heterocycles. The Kier molecular flexibility index (Phi) is 5.41. The number of benzene rings is 1. The summed E-state index contributed by atoms with van der Waals surface area (Å²) in [6.45, 7) is 7.82. The average molecular weight is 368 g/mol. The Labute approximate surface area is 157 Å². The normalized spacial score (nSPS) is 12.5. The first-order valence-electron chi connectivity index (χ1n) is 8.95. The van der Waals surface area contributed by atoms with Crippen molar-refractivity contribution in [3.05, 3.63) is 57.7 Å². The third-order valence-corrected chi connectivity index (χ3v) is 4.56. The molecular formula is C20H24N4O3. The predicted molar refractivity (Wildman–Crippen MR) is 105 cm³/mol. The zero-order chi connectivity index (χ0) is 19.6. The van der Waals surface area contributed by atoms with E-state index in [1.807, 2.05) is 30.3 Å². The van der Waals surface area contributed by atoms with E-state index in [4.69, 9.17) is 4.42 Å². The Bertz CT molecular complexity index is 1010. The molecule has 3 N–H and O–H groups in total. The van der Waals surface area contributed by atoms with Gasteiger partial charge in [0.15, 0.2) is 0 Å². The number of nitrogens with one attached hydrogen (secondary N) is 3. The van der Waals surface area contributed by atoms with Crippen molar-refractivity contribution in [3.8, 4) is 0 Å². The Morgan fingerprint density at radius 2 is 1.89 bits per heavy atom. The SMILES string of the molecule is Cc1n[nH]c(=O)c2c(NC(=O)CN[C@@H](c3ccccc3)C(C)C)oc(C)c12. The van der Waals surface area contributed by atoms with Crippen LogP contribution in [0.1, 0.15) is 36.9 Å². The van der Waals surface area contributed by atoms with Crippen molar-refractivity contribution in [1.82, 2.24) is 15.5 Å². The minimum Gasteiger partial charge on any atom is -0.444 e. The summed E-state index contributed by atoms with van der Waals surface area (Å²) in [4.78, 5) is 24.6. The lowest BCUT2D eigenvalue weighted by atomic mass is 9.96. The molecule has 3 aromatic rings. The first-order valence-corrected chi connectivity index (χ1v) is 8.95. The van der Waals surface area contributed by atoms with E-state index in [-0.39, 0.29) is 29.9 Å². The smallest absolute Gasteiger partial charge is 0.277 e. The molecule has 7 nitrogen and oxygen atoms in total. The Morgan fingerprint density at radius 3 is 2.56 bits per heavy atom. The third kappa shape index (κ3) is 3.93. The Hall–Kier alpha value is -2.93. The summed E-state index contributed by atoms with van der Waals surface area (Å²) in [7, 11) is 0. The van der Waals surface area contributed by atoms with Crippen LogP contribution in [-0.4, -0.2) is 22.6 Å². The zero-order valence-corrected chi connectivity index (χ0v) is 15.9. The Morgan fingerprint density at radius 1 is 1.19 bits per heavy atom. The zero-order valence-electron chi connectivity index (χ0n) is 15.9. The van der Waals surface area contributed by atoms with Crippen LogP contribution in [0.3, 0.4) is 0 Å². The van der Waals surface area contributed by atoms with Crippen LogP contribution >= 0.6 is 0 Å². The van der Waals surface area contributed by atoms with Crippen LogP contribution in [0.5, 0.6) is 0 Å². The van der Waals surface area contributed by atoms with Crippen molar-refractivity contribution < 1.29 is 9.21 Å². The molecule has 1 atom stereocenters. The van der Waals surface area contributed by atoms with Crippen molar-refractivity contribution in [2.45, 2.75) is 33.7 Å². The maximum Gasteiger partial charge on any atom is 0.277 e. The van der Waals surface area contributed by atoms with E-state index in [0.29, 0.717) is 28.1 Å². The maximum absolute atomic E-state index is 12.5. The minimum atomic E-state index is -0.389. The second-order valence-electron chi connectivity index (χ2n) is 6.94. The molecule has 27 heavy (non-hydrogen) atoms. The fraction of sp³-hybridized carbons (Fsp3) is 0.350. The molecule has 1 aromatic carbocycles. The van der Waals surface area contributed by atoms with E-state index in [1.165, 1.54) is 0 Å². The number of amides is 1. The molecule has 0 fully saturated rings. The molecular weight excluding hydrogens is 344 g/mol. The van der Waals surface area contributed by atoms with E-state index in [9.17, 15) is 9.59 Å². The quantitative estimate of drug-likeness (QED) is 0.621. The fourth-order valence-corrected chi connectivity index (χ4v) is 3.30. The average Bonchev–Trinajstić information content (AvgIpc) is 2.96. The number of fused-ring (bicyclic) bond motifs is 1. The molecule has 2 aromatic heterocycles.